The average molecular weight is 324 g/mol. The first-order chi connectivity index (χ1) is 9.03. The molecule has 0 aromatic carbocycles. The van der Waals surface area contributed by atoms with Gasteiger partial charge in [0.15, 0.2) is 0 Å². The number of hydrogen-bond donors (Lipinski definition) is 2. The van der Waals surface area contributed by atoms with Crippen LogP contribution in [0, 0.1) is 0 Å². The van der Waals surface area contributed by atoms with Gasteiger partial charge in [0.1, 0.15) is 0 Å². The minimum absolute atomic E-state index is 0.0850. The molecule has 1 saturated heterocycles. The summed E-state index contributed by atoms with van der Waals surface area (Å²) < 4.78 is 29.3. The molecule has 19 heavy (non-hydrogen) atoms. The zero-order valence-electron chi connectivity index (χ0n) is 10.5. The molecule has 1 unspecified atom stereocenters. The largest absolute Gasteiger partial charge is 0.329 e. The Bertz CT molecular complexity index is 518. The maximum Gasteiger partial charge on any atom is 0.280 e. The van der Waals surface area contributed by atoms with Gasteiger partial charge < -0.3 is 5.73 Å². The van der Waals surface area contributed by atoms with E-state index in [0.717, 1.165) is 24.1 Å². The van der Waals surface area contributed by atoms with Crippen molar-refractivity contribution in [3.8, 4) is 0 Å². The van der Waals surface area contributed by atoms with E-state index in [0.29, 0.717) is 17.4 Å². The van der Waals surface area contributed by atoms with Crippen LogP contribution in [0.15, 0.2) is 12.1 Å². The zero-order valence-corrected chi connectivity index (χ0v) is 12.9. The average Bonchev–Trinajstić information content (AvgIpc) is 2.82. The highest BCUT2D eigenvalue weighted by Gasteiger charge is 2.31. The van der Waals surface area contributed by atoms with Gasteiger partial charge in [0.2, 0.25) is 0 Å². The predicted molar refractivity (Wildman–Crippen MR) is 78.5 cm³/mol. The summed E-state index contributed by atoms with van der Waals surface area (Å²) >= 11 is 7.20. The molecule has 2 heterocycles. The quantitative estimate of drug-likeness (QED) is 0.863. The second-order valence-electron chi connectivity index (χ2n) is 4.53. The first kappa shape index (κ1) is 15.2. The number of piperidine rings is 1. The van der Waals surface area contributed by atoms with E-state index in [4.69, 9.17) is 17.3 Å². The first-order valence-corrected chi connectivity index (χ1v) is 8.87. The predicted octanol–water partition coefficient (Wildman–Crippen LogP) is 1.55. The van der Waals surface area contributed by atoms with Crippen molar-refractivity contribution in [3.05, 3.63) is 21.3 Å². The number of hydrogen-bond acceptors (Lipinski definition) is 4. The van der Waals surface area contributed by atoms with Crippen LogP contribution >= 0.6 is 22.9 Å². The van der Waals surface area contributed by atoms with Gasteiger partial charge in [-0.05, 0) is 25.0 Å². The zero-order chi connectivity index (χ0) is 13.9. The van der Waals surface area contributed by atoms with E-state index < -0.39 is 10.2 Å². The molecule has 3 N–H and O–H groups in total. The van der Waals surface area contributed by atoms with Gasteiger partial charge in [-0.3, -0.25) is 0 Å². The standard InChI is InChI=1S/C11H18ClN3O2S2/c12-11-5-4-10(18-11)8-14-19(16,17)15-6-2-1-3-9(15)7-13/h4-5,9,14H,1-3,6-8,13H2. The highest BCUT2D eigenvalue weighted by atomic mass is 35.5. The summed E-state index contributed by atoms with van der Waals surface area (Å²) in [6.45, 7) is 1.18. The molecule has 0 amide bonds. The highest BCUT2D eigenvalue weighted by molar-refractivity contribution is 7.87. The number of halogens is 1. The lowest BCUT2D eigenvalue weighted by Gasteiger charge is -2.33. The van der Waals surface area contributed by atoms with E-state index >= 15 is 0 Å². The molecule has 108 valence electrons. The van der Waals surface area contributed by atoms with E-state index in [9.17, 15) is 8.42 Å². The monoisotopic (exact) mass is 323 g/mol. The van der Waals surface area contributed by atoms with Gasteiger partial charge in [-0.1, -0.05) is 18.0 Å². The van der Waals surface area contributed by atoms with Gasteiger partial charge in [0.25, 0.3) is 10.2 Å². The first-order valence-electron chi connectivity index (χ1n) is 6.23. The van der Waals surface area contributed by atoms with Crippen molar-refractivity contribution in [2.45, 2.75) is 31.8 Å². The number of nitrogens with zero attached hydrogens (tertiary/aromatic N) is 1. The minimum Gasteiger partial charge on any atom is -0.329 e. The molecule has 1 atom stereocenters. The Morgan fingerprint density at radius 1 is 1.47 bits per heavy atom. The molecule has 1 aliphatic rings. The molecule has 8 heteroatoms. The van der Waals surface area contributed by atoms with Crippen LogP contribution in [0.5, 0.6) is 0 Å². The van der Waals surface area contributed by atoms with Crippen LogP contribution in [0.2, 0.25) is 4.34 Å². The van der Waals surface area contributed by atoms with Crippen LogP contribution in [0.25, 0.3) is 0 Å². The molecular formula is C11H18ClN3O2S2. The van der Waals surface area contributed by atoms with E-state index in [1.54, 1.807) is 6.07 Å². The Labute approximate surface area is 122 Å². The Balaban J connectivity index is 2.00. The molecule has 1 aromatic heterocycles. The second-order valence-corrected chi connectivity index (χ2v) is 8.04. The van der Waals surface area contributed by atoms with Gasteiger partial charge in [-0.2, -0.15) is 17.4 Å². The van der Waals surface area contributed by atoms with Crippen molar-refractivity contribution in [3.63, 3.8) is 0 Å². The van der Waals surface area contributed by atoms with Gasteiger partial charge in [-0.25, -0.2) is 0 Å². The lowest BCUT2D eigenvalue weighted by atomic mass is 10.1. The van der Waals surface area contributed by atoms with Gasteiger partial charge >= 0.3 is 0 Å². The molecule has 0 spiro atoms. The summed E-state index contributed by atoms with van der Waals surface area (Å²) in [7, 11) is -3.47. The molecule has 0 bridgehead atoms. The number of rotatable bonds is 5. The van der Waals surface area contributed by atoms with Crippen molar-refractivity contribution >= 4 is 33.1 Å². The summed E-state index contributed by atoms with van der Waals surface area (Å²) in [4.78, 5) is 0.898. The third-order valence-corrected chi connectivity index (χ3v) is 6.05. The molecule has 0 saturated carbocycles. The topological polar surface area (TPSA) is 75.4 Å². The van der Waals surface area contributed by atoms with Crippen LogP contribution in [0.3, 0.4) is 0 Å². The van der Waals surface area contributed by atoms with Gasteiger partial charge in [0, 0.05) is 30.6 Å². The highest BCUT2D eigenvalue weighted by Crippen LogP contribution is 2.22. The molecule has 1 aliphatic heterocycles. The Morgan fingerprint density at radius 2 is 2.26 bits per heavy atom. The normalized spacial score (nSPS) is 21.7. The Hall–Kier alpha value is -0.180. The molecule has 5 nitrogen and oxygen atoms in total. The number of nitrogens with one attached hydrogen (secondary N) is 1. The van der Waals surface area contributed by atoms with E-state index in [-0.39, 0.29) is 12.6 Å². The Morgan fingerprint density at radius 3 is 2.89 bits per heavy atom. The third-order valence-electron chi connectivity index (χ3n) is 3.21. The molecular weight excluding hydrogens is 306 g/mol. The summed E-state index contributed by atoms with van der Waals surface area (Å²) in [6.07, 6.45) is 2.76. The van der Waals surface area contributed by atoms with Crippen molar-refractivity contribution in [2.24, 2.45) is 5.73 Å². The van der Waals surface area contributed by atoms with Crippen molar-refractivity contribution < 1.29 is 8.42 Å². The maximum atomic E-state index is 12.3. The fourth-order valence-electron chi connectivity index (χ4n) is 2.22. The third kappa shape index (κ3) is 3.90. The second kappa shape index (κ2) is 6.51. The smallest absolute Gasteiger partial charge is 0.280 e. The van der Waals surface area contributed by atoms with Crippen molar-refractivity contribution in [1.82, 2.24) is 9.03 Å². The molecule has 0 aliphatic carbocycles. The van der Waals surface area contributed by atoms with Crippen LogP contribution < -0.4 is 10.5 Å². The lowest BCUT2D eigenvalue weighted by molar-refractivity contribution is 0.254. The van der Waals surface area contributed by atoms with Gasteiger partial charge in [-0.15, -0.1) is 11.3 Å². The van der Waals surface area contributed by atoms with Crippen LogP contribution in [-0.4, -0.2) is 31.9 Å². The summed E-state index contributed by atoms with van der Waals surface area (Å²) in [5, 5.41) is 0. The SMILES string of the molecule is NCC1CCCCN1S(=O)(=O)NCc1ccc(Cl)s1. The fourth-order valence-corrected chi connectivity index (χ4v) is 4.79. The number of nitrogens with two attached hydrogens (primary N) is 1. The molecule has 1 aromatic rings. The van der Waals surface area contributed by atoms with Crippen LogP contribution in [0.1, 0.15) is 24.1 Å². The Kier molecular flexibility index (Phi) is 5.22. The summed E-state index contributed by atoms with van der Waals surface area (Å²) in [5.41, 5.74) is 5.65. The van der Waals surface area contributed by atoms with Crippen molar-refractivity contribution in [2.75, 3.05) is 13.1 Å². The molecule has 2 rings (SSSR count). The van der Waals surface area contributed by atoms with Crippen LogP contribution in [0.4, 0.5) is 0 Å². The summed E-state index contributed by atoms with van der Waals surface area (Å²) in [6, 6.07) is 3.50. The van der Waals surface area contributed by atoms with E-state index in [1.165, 1.54) is 15.6 Å². The fraction of sp³-hybridized carbons (Fsp3) is 0.636. The van der Waals surface area contributed by atoms with Crippen molar-refractivity contribution in [1.29, 1.82) is 0 Å². The van der Waals surface area contributed by atoms with Gasteiger partial charge in [0.05, 0.1) is 4.34 Å². The molecule has 0 radical (unpaired) electrons. The maximum absolute atomic E-state index is 12.3. The van der Waals surface area contributed by atoms with E-state index in [2.05, 4.69) is 4.72 Å². The van der Waals surface area contributed by atoms with Crippen LogP contribution in [-0.2, 0) is 16.8 Å². The van der Waals surface area contributed by atoms with E-state index in [1.807, 2.05) is 6.07 Å². The molecule has 1 fully saturated rings. The minimum atomic E-state index is -3.47. The lowest BCUT2D eigenvalue weighted by Crippen LogP contribution is -2.51. The number of thiophene rings is 1. The summed E-state index contributed by atoms with van der Waals surface area (Å²) in [5.74, 6) is 0.